The van der Waals surface area contributed by atoms with E-state index in [-0.39, 0.29) is 11.8 Å². The van der Waals surface area contributed by atoms with Crippen molar-refractivity contribution in [3.8, 4) is 0 Å². The number of hydrogen-bond donors (Lipinski definition) is 2. The molecule has 2 N–H and O–H groups in total. The monoisotopic (exact) mass is 297 g/mol. The minimum absolute atomic E-state index is 0.221. The van der Waals surface area contributed by atoms with Crippen LogP contribution in [0.2, 0.25) is 0 Å². The third-order valence-electron chi connectivity index (χ3n) is 3.82. The zero-order valence-electron chi connectivity index (χ0n) is 11.8. The average molecular weight is 297 g/mol. The minimum Gasteiger partial charge on any atom is -0.388 e. The van der Waals surface area contributed by atoms with Crippen molar-refractivity contribution < 1.29 is 13.5 Å². The van der Waals surface area contributed by atoms with Gasteiger partial charge in [-0.1, -0.05) is 36.8 Å². The molecule has 112 valence electrons. The van der Waals surface area contributed by atoms with E-state index in [1.165, 1.54) is 0 Å². The summed E-state index contributed by atoms with van der Waals surface area (Å²) in [6.07, 6.45) is 2.91. The first-order valence-corrected chi connectivity index (χ1v) is 8.84. The normalized spacial score (nSPS) is 19.3. The van der Waals surface area contributed by atoms with E-state index < -0.39 is 16.1 Å². The zero-order chi connectivity index (χ0) is 14.6. The van der Waals surface area contributed by atoms with Crippen LogP contribution < -0.4 is 4.72 Å². The Balaban J connectivity index is 1.83. The molecule has 1 aliphatic carbocycles. The number of hydrogen-bond acceptors (Lipinski definition) is 3. The van der Waals surface area contributed by atoms with Crippen LogP contribution in [0.4, 0.5) is 0 Å². The molecule has 0 radical (unpaired) electrons. The lowest BCUT2D eigenvalue weighted by molar-refractivity contribution is 0.158. The molecule has 20 heavy (non-hydrogen) atoms. The van der Waals surface area contributed by atoms with Gasteiger partial charge in [0.25, 0.3) is 0 Å². The summed E-state index contributed by atoms with van der Waals surface area (Å²) in [5, 5.41) is 10.1. The molecule has 0 amide bonds. The summed E-state index contributed by atoms with van der Waals surface area (Å²) in [5.41, 5.74) is 0.817. The van der Waals surface area contributed by atoms with E-state index in [1.807, 2.05) is 30.3 Å². The first kappa shape index (κ1) is 15.5. The third-order valence-corrected chi connectivity index (χ3v) is 5.49. The minimum atomic E-state index is -3.23. The van der Waals surface area contributed by atoms with Crippen LogP contribution in [0, 0.1) is 5.92 Å². The Morgan fingerprint density at radius 1 is 1.30 bits per heavy atom. The summed E-state index contributed by atoms with van der Waals surface area (Å²) in [6, 6.07) is 9.05. The largest absolute Gasteiger partial charge is 0.388 e. The number of benzene rings is 1. The Bertz CT molecular complexity index is 511. The predicted octanol–water partition coefficient (Wildman–Crippen LogP) is 2.22. The second-order valence-corrected chi connectivity index (χ2v) is 7.56. The van der Waals surface area contributed by atoms with Crippen molar-refractivity contribution in [1.29, 1.82) is 0 Å². The van der Waals surface area contributed by atoms with Gasteiger partial charge >= 0.3 is 0 Å². The molecule has 0 heterocycles. The van der Waals surface area contributed by atoms with Crippen molar-refractivity contribution in [2.24, 2.45) is 5.92 Å². The molecule has 4 nitrogen and oxygen atoms in total. The average Bonchev–Trinajstić information content (AvgIpc) is 2.34. The smallest absolute Gasteiger partial charge is 0.212 e. The fraction of sp³-hybridized carbons (Fsp3) is 0.600. The van der Waals surface area contributed by atoms with Crippen molar-refractivity contribution in [3.05, 3.63) is 35.9 Å². The van der Waals surface area contributed by atoms with E-state index in [2.05, 4.69) is 4.72 Å². The lowest BCUT2D eigenvalue weighted by Crippen LogP contribution is -2.38. The summed E-state index contributed by atoms with van der Waals surface area (Å²) in [7, 11) is -3.23. The molecule has 1 aliphatic rings. The first-order valence-electron chi connectivity index (χ1n) is 7.19. The van der Waals surface area contributed by atoms with Crippen molar-refractivity contribution >= 4 is 10.0 Å². The summed E-state index contributed by atoms with van der Waals surface area (Å²) in [5.74, 6) is 0.539. The highest BCUT2D eigenvalue weighted by atomic mass is 32.2. The molecule has 1 aromatic rings. The third kappa shape index (κ3) is 4.58. The lowest BCUT2D eigenvalue weighted by atomic mass is 9.87. The van der Waals surface area contributed by atoms with Crippen LogP contribution in [0.5, 0.6) is 0 Å². The molecule has 5 heteroatoms. The Morgan fingerprint density at radius 2 is 1.95 bits per heavy atom. The Hall–Kier alpha value is -0.910. The van der Waals surface area contributed by atoms with Crippen molar-refractivity contribution in [3.63, 3.8) is 0 Å². The summed E-state index contributed by atoms with van der Waals surface area (Å²) >= 11 is 0. The van der Waals surface area contributed by atoms with Gasteiger partial charge in [0.2, 0.25) is 10.0 Å². The van der Waals surface area contributed by atoms with Crippen molar-refractivity contribution in [1.82, 2.24) is 4.72 Å². The van der Waals surface area contributed by atoms with Gasteiger partial charge in [-0.05, 0) is 37.7 Å². The van der Waals surface area contributed by atoms with E-state index in [9.17, 15) is 13.5 Å². The summed E-state index contributed by atoms with van der Waals surface area (Å²) < 4.78 is 26.6. The van der Waals surface area contributed by atoms with Gasteiger partial charge in [0.15, 0.2) is 0 Å². The second-order valence-electron chi connectivity index (χ2n) is 5.76. The van der Waals surface area contributed by atoms with Gasteiger partial charge in [-0.15, -0.1) is 0 Å². The van der Waals surface area contributed by atoms with Crippen molar-refractivity contribution in [2.75, 3.05) is 5.75 Å². The van der Waals surface area contributed by atoms with Crippen LogP contribution in [0.1, 0.15) is 44.3 Å². The number of aliphatic hydroxyl groups excluding tert-OH is 1. The molecule has 0 aliphatic heterocycles. The maximum absolute atomic E-state index is 12.0. The molecule has 0 aromatic heterocycles. The quantitative estimate of drug-likeness (QED) is 0.811. The standard InChI is InChI=1S/C15H23NO3S/c1-12(10-15(17)14-8-3-2-4-9-14)16-20(18,19)11-13-6-5-7-13/h2-4,8-9,12-13,15-17H,5-7,10-11H2,1H3. The van der Waals surface area contributed by atoms with Crippen LogP contribution in [-0.2, 0) is 10.0 Å². The molecule has 0 saturated heterocycles. The highest BCUT2D eigenvalue weighted by Gasteiger charge is 2.26. The van der Waals surface area contributed by atoms with Crippen LogP contribution in [-0.4, -0.2) is 25.3 Å². The number of rotatable bonds is 7. The van der Waals surface area contributed by atoms with Gasteiger partial charge in [0, 0.05) is 6.04 Å². The fourth-order valence-electron chi connectivity index (χ4n) is 2.52. The van der Waals surface area contributed by atoms with Crippen LogP contribution in [0.3, 0.4) is 0 Å². The molecule has 2 rings (SSSR count). The van der Waals surface area contributed by atoms with Crippen LogP contribution in [0.15, 0.2) is 30.3 Å². The molecule has 2 atom stereocenters. The van der Waals surface area contributed by atoms with Gasteiger partial charge in [0.1, 0.15) is 0 Å². The molecule has 0 spiro atoms. The molecular weight excluding hydrogens is 274 g/mol. The van der Waals surface area contributed by atoms with Crippen molar-refractivity contribution in [2.45, 2.75) is 44.8 Å². The fourth-order valence-corrected chi connectivity index (χ4v) is 4.28. The Morgan fingerprint density at radius 3 is 2.50 bits per heavy atom. The Kier molecular flexibility index (Phi) is 5.18. The topological polar surface area (TPSA) is 66.4 Å². The second kappa shape index (κ2) is 6.70. The van der Waals surface area contributed by atoms with E-state index in [4.69, 9.17) is 0 Å². The van der Waals surface area contributed by atoms with Gasteiger partial charge in [-0.2, -0.15) is 0 Å². The van der Waals surface area contributed by atoms with E-state index in [1.54, 1.807) is 6.92 Å². The Labute approximate surface area is 121 Å². The maximum Gasteiger partial charge on any atom is 0.212 e. The van der Waals surface area contributed by atoms with Crippen LogP contribution >= 0.6 is 0 Å². The molecule has 1 aromatic carbocycles. The highest BCUT2D eigenvalue weighted by Crippen LogP contribution is 2.27. The lowest BCUT2D eigenvalue weighted by Gasteiger charge is -2.26. The summed E-state index contributed by atoms with van der Waals surface area (Å²) in [4.78, 5) is 0. The molecule has 1 fully saturated rings. The zero-order valence-corrected chi connectivity index (χ0v) is 12.6. The van der Waals surface area contributed by atoms with Gasteiger partial charge in [-0.3, -0.25) is 0 Å². The number of aliphatic hydroxyl groups is 1. The van der Waals surface area contributed by atoms with E-state index in [0.29, 0.717) is 12.3 Å². The van der Waals surface area contributed by atoms with E-state index in [0.717, 1.165) is 24.8 Å². The number of sulfonamides is 1. The van der Waals surface area contributed by atoms with E-state index >= 15 is 0 Å². The highest BCUT2D eigenvalue weighted by molar-refractivity contribution is 7.89. The van der Waals surface area contributed by atoms with Gasteiger partial charge in [-0.25, -0.2) is 13.1 Å². The molecule has 1 saturated carbocycles. The predicted molar refractivity (Wildman–Crippen MR) is 79.7 cm³/mol. The van der Waals surface area contributed by atoms with Gasteiger partial charge < -0.3 is 5.11 Å². The van der Waals surface area contributed by atoms with Gasteiger partial charge in [0.05, 0.1) is 11.9 Å². The first-order chi connectivity index (χ1) is 9.46. The maximum atomic E-state index is 12.0. The molecular formula is C15H23NO3S. The number of nitrogens with one attached hydrogen (secondary N) is 1. The SMILES string of the molecule is CC(CC(O)c1ccccc1)NS(=O)(=O)CC1CCC1. The molecule has 2 unspecified atom stereocenters. The molecule has 0 bridgehead atoms. The van der Waals surface area contributed by atoms with Crippen LogP contribution in [0.25, 0.3) is 0 Å². The summed E-state index contributed by atoms with van der Waals surface area (Å²) in [6.45, 7) is 1.80.